The van der Waals surface area contributed by atoms with E-state index in [-0.39, 0.29) is 5.91 Å². The number of aromatic nitrogens is 3. The van der Waals surface area contributed by atoms with E-state index in [9.17, 15) is 9.90 Å². The summed E-state index contributed by atoms with van der Waals surface area (Å²) in [5.41, 5.74) is 1.23. The van der Waals surface area contributed by atoms with Gasteiger partial charge in [0.05, 0.1) is 34.0 Å². The first-order valence-electron chi connectivity index (χ1n) is 7.27. The van der Waals surface area contributed by atoms with Crippen LogP contribution in [0.4, 0.5) is 0 Å². The Hall–Kier alpha value is -2.25. The minimum atomic E-state index is -1.00. The Kier molecular flexibility index (Phi) is 3.91. The van der Waals surface area contributed by atoms with Crippen molar-refractivity contribution in [3.05, 3.63) is 35.5 Å². The molecular weight excluding hydrogens is 312 g/mol. The van der Waals surface area contributed by atoms with Gasteiger partial charge in [-0.25, -0.2) is 9.97 Å². The largest absolute Gasteiger partial charge is 0.388 e. The van der Waals surface area contributed by atoms with Gasteiger partial charge in [-0.05, 0) is 32.2 Å². The van der Waals surface area contributed by atoms with E-state index in [1.165, 1.54) is 0 Å². The molecule has 0 radical (unpaired) electrons. The number of hydrogen-bond acceptors (Lipinski definition) is 5. The van der Waals surface area contributed by atoms with Crippen LogP contribution in [0.2, 0.25) is 0 Å². The van der Waals surface area contributed by atoms with Crippen LogP contribution >= 0.6 is 11.3 Å². The van der Waals surface area contributed by atoms with Crippen molar-refractivity contribution >= 4 is 28.4 Å². The molecule has 1 amide bonds. The van der Waals surface area contributed by atoms with Gasteiger partial charge in [0.15, 0.2) is 5.65 Å². The van der Waals surface area contributed by atoms with Crippen molar-refractivity contribution in [2.75, 3.05) is 0 Å². The average Bonchev–Trinajstić information content (AvgIpc) is 3.15. The van der Waals surface area contributed by atoms with Gasteiger partial charge in [-0.15, -0.1) is 11.3 Å². The lowest BCUT2D eigenvalue weighted by Crippen LogP contribution is -2.47. The van der Waals surface area contributed by atoms with Crippen LogP contribution in [0.5, 0.6) is 0 Å². The molecule has 1 atom stereocenters. The number of nitrogens with one attached hydrogen (secondary N) is 2. The Morgan fingerprint density at radius 3 is 2.91 bits per heavy atom. The molecule has 6 nitrogen and oxygen atoms in total. The van der Waals surface area contributed by atoms with E-state index in [0.29, 0.717) is 16.7 Å². The Labute approximate surface area is 137 Å². The topological polar surface area (TPSA) is 90.9 Å². The van der Waals surface area contributed by atoms with Gasteiger partial charge in [0.2, 0.25) is 0 Å². The fourth-order valence-electron chi connectivity index (χ4n) is 2.06. The molecule has 0 aliphatic heterocycles. The minimum absolute atomic E-state index is 0.288. The van der Waals surface area contributed by atoms with Crippen LogP contribution in [0.1, 0.15) is 31.1 Å². The van der Waals surface area contributed by atoms with Crippen LogP contribution in [-0.4, -0.2) is 37.6 Å². The first kappa shape index (κ1) is 15.6. The van der Waals surface area contributed by atoms with E-state index in [1.807, 2.05) is 17.5 Å². The number of H-pyrrole nitrogens is 1. The van der Waals surface area contributed by atoms with Crippen LogP contribution in [0, 0.1) is 0 Å². The molecule has 3 heterocycles. The highest BCUT2D eigenvalue weighted by molar-refractivity contribution is 7.13. The zero-order chi connectivity index (χ0) is 16.6. The van der Waals surface area contributed by atoms with E-state index in [4.69, 9.17) is 0 Å². The van der Waals surface area contributed by atoms with Crippen molar-refractivity contribution in [2.24, 2.45) is 0 Å². The predicted molar refractivity (Wildman–Crippen MR) is 90.4 cm³/mol. The van der Waals surface area contributed by atoms with E-state index in [2.05, 4.69) is 20.3 Å². The number of rotatable bonds is 4. The van der Waals surface area contributed by atoms with Crippen LogP contribution in [-0.2, 0) is 0 Å². The number of nitrogens with zero attached hydrogens (tertiary/aromatic N) is 2. The van der Waals surface area contributed by atoms with E-state index in [1.54, 1.807) is 44.5 Å². The molecular formula is C16H18N4O2S. The number of aromatic amines is 1. The van der Waals surface area contributed by atoms with Crippen molar-refractivity contribution < 1.29 is 9.90 Å². The highest BCUT2D eigenvalue weighted by Gasteiger charge is 2.25. The molecule has 120 valence electrons. The zero-order valence-electron chi connectivity index (χ0n) is 13.1. The lowest BCUT2D eigenvalue weighted by molar-refractivity contribution is 0.0409. The molecule has 0 aliphatic rings. The molecule has 0 bridgehead atoms. The third-order valence-corrected chi connectivity index (χ3v) is 4.70. The smallest absolute Gasteiger partial charge is 0.255 e. The number of carbonyl (C=O) groups is 1. The quantitative estimate of drug-likeness (QED) is 0.686. The predicted octanol–water partition coefficient (Wildman–Crippen LogP) is 2.58. The molecule has 3 rings (SSSR count). The van der Waals surface area contributed by atoms with Gasteiger partial charge >= 0.3 is 0 Å². The standard InChI is InChI=1S/C16H18N4O2S/c1-9(16(2,3)22)19-15(21)10-7-17-14-13(10)20-11(8-18-14)12-5-4-6-23-12/h4-9,22H,1-3H3,(H,17,18)(H,19,21). The zero-order valence-corrected chi connectivity index (χ0v) is 13.9. The Bertz CT molecular complexity index is 834. The monoisotopic (exact) mass is 330 g/mol. The summed E-state index contributed by atoms with van der Waals surface area (Å²) >= 11 is 1.57. The molecule has 3 aromatic rings. The number of aliphatic hydroxyl groups is 1. The van der Waals surface area contributed by atoms with Gasteiger partial charge in [-0.3, -0.25) is 4.79 Å². The summed E-state index contributed by atoms with van der Waals surface area (Å²) in [6.45, 7) is 5.07. The van der Waals surface area contributed by atoms with Gasteiger partial charge in [0.1, 0.15) is 5.52 Å². The lowest BCUT2D eigenvalue weighted by Gasteiger charge is -2.26. The number of hydrogen-bond donors (Lipinski definition) is 3. The van der Waals surface area contributed by atoms with Gasteiger partial charge in [0.25, 0.3) is 5.91 Å². The maximum atomic E-state index is 12.5. The van der Waals surface area contributed by atoms with E-state index < -0.39 is 11.6 Å². The Balaban J connectivity index is 1.95. The molecule has 0 saturated heterocycles. The molecule has 0 spiro atoms. The summed E-state index contributed by atoms with van der Waals surface area (Å²) in [5.74, 6) is -0.288. The van der Waals surface area contributed by atoms with Crippen LogP contribution in [0.3, 0.4) is 0 Å². The molecule has 3 aromatic heterocycles. The summed E-state index contributed by atoms with van der Waals surface area (Å²) < 4.78 is 0. The first-order chi connectivity index (χ1) is 10.9. The fourth-order valence-corrected chi connectivity index (χ4v) is 2.74. The van der Waals surface area contributed by atoms with Crippen LogP contribution < -0.4 is 5.32 Å². The van der Waals surface area contributed by atoms with Crippen molar-refractivity contribution in [2.45, 2.75) is 32.4 Å². The van der Waals surface area contributed by atoms with Gasteiger partial charge in [-0.1, -0.05) is 6.07 Å². The summed E-state index contributed by atoms with van der Waals surface area (Å²) in [6.07, 6.45) is 3.28. The van der Waals surface area contributed by atoms with Crippen LogP contribution in [0.15, 0.2) is 29.9 Å². The third kappa shape index (κ3) is 3.11. The summed E-state index contributed by atoms with van der Waals surface area (Å²) in [7, 11) is 0. The second kappa shape index (κ2) is 5.75. The maximum Gasteiger partial charge on any atom is 0.255 e. The van der Waals surface area contributed by atoms with Gasteiger partial charge in [-0.2, -0.15) is 0 Å². The molecule has 23 heavy (non-hydrogen) atoms. The molecule has 0 fully saturated rings. The number of thiophene rings is 1. The lowest BCUT2D eigenvalue weighted by atomic mass is 10.0. The van der Waals surface area contributed by atoms with Crippen molar-refractivity contribution in [3.8, 4) is 10.6 Å². The third-order valence-electron chi connectivity index (χ3n) is 3.81. The average molecular weight is 330 g/mol. The SMILES string of the molecule is CC(NC(=O)c1c[nH]c2ncc(-c3cccs3)nc12)C(C)(C)O. The van der Waals surface area contributed by atoms with Crippen LogP contribution in [0.25, 0.3) is 21.7 Å². The van der Waals surface area contributed by atoms with Crippen molar-refractivity contribution in [1.29, 1.82) is 0 Å². The van der Waals surface area contributed by atoms with Crippen molar-refractivity contribution in [1.82, 2.24) is 20.3 Å². The second-order valence-electron chi connectivity index (χ2n) is 5.98. The highest BCUT2D eigenvalue weighted by atomic mass is 32.1. The molecule has 0 aliphatic carbocycles. The summed E-state index contributed by atoms with van der Waals surface area (Å²) in [6, 6.07) is 3.51. The maximum absolute atomic E-state index is 12.5. The Morgan fingerprint density at radius 1 is 1.48 bits per heavy atom. The molecule has 0 saturated carbocycles. The van der Waals surface area contributed by atoms with Gasteiger partial charge in [0, 0.05) is 6.20 Å². The first-order valence-corrected chi connectivity index (χ1v) is 8.15. The number of carbonyl (C=O) groups excluding carboxylic acids is 1. The fraction of sp³-hybridized carbons (Fsp3) is 0.312. The summed E-state index contributed by atoms with van der Waals surface area (Å²) in [5, 5.41) is 14.7. The highest BCUT2D eigenvalue weighted by Crippen LogP contribution is 2.24. The molecule has 1 unspecified atom stereocenters. The molecule has 7 heteroatoms. The number of amides is 1. The van der Waals surface area contributed by atoms with Crippen molar-refractivity contribution in [3.63, 3.8) is 0 Å². The minimum Gasteiger partial charge on any atom is -0.388 e. The Morgan fingerprint density at radius 2 is 2.26 bits per heavy atom. The second-order valence-corrected chi connectivity index (χ2v) is 6.93. The van der Waals surface area contributed by atoms with E-state index in [0.717, 1.165) is 10.6 Å². The molecule has 3 N–H and O–H groups in total. The normalized spacial score (nSPS) is 13.2. The van der Waals surface area contributed by atoms with Gasteiger partial charge < -0.3 is 15.4 Å². The van der Waals surface area contributed by atoms with E-state index >= 15 is 0 Å². The number of fused-ring (bicyclic) bond motifs is 1. The summed E-state index contributed by atoms with van der Waals surface area (Å²) in [4.78, 5) is 25.3. The molecule has 0 aromatic carbocycles.